The molecule has 19 heavy (non-hydrogen) atoms. The number of carbonyl (C=O) groups excluding carboxylic acids is 3. The van der Waals surface area contributed by atoms with E-state index in [1.54, 1.807) is 0 Å². The summed E-state index contributed by atoms with van der Waals surface area (Å²) in [5.41, 5.74) is -0.177. The Labute approximate surface area is 112 Å². The average molecular weight is 267 g/mol. The van der Waals surface area contributed by atoms with E-state index in [2.05, 4.69) is 36.7 Å². The van der Waals surface area contributed by atoms with Crippen molar-refractivity contribution >= 4 is 17.8 Å². The second-order valence-electron chi connectivity index (χ2n) is 6.43. The molecule has 4 amide bonds. The third-order valence-electron chi connectivity index (χ3n) is 4.08. The maximum Gasteiger partial charge on any atom is 0.322 e. The average Bonchev–Trinajstić information content (AvgIpc) is 3.04. The van der Waals surface area contributed by atoms with Gasteiger partial charge in [-0.3, -0.25) is 14.9 Å². The highest BCUT2D eigenvalue weighted by molar-refractivity contribution is 5.98. The van der Waals surface area contributed by atoms with Gasteiger partial charge in [0.05, 0.1) is 0 Å². The molecule has 2 rings (SSSR count). The van der Waals surface area contributed by atoms with Crippen LogP contribution in [-0.4, -0.2) is 29.4 Å². The number of nitrogens with one attached hydrogen (secondary N) is 3. The van der Waals surface area contributed by atoms with Crippen LogP contribution in [0.15, 0.2) is 0 Å². The molecule has 2 aliphatic rings. The van der Waals surface area contributed by atoms with Gasteiger partial charge in [-0.1, -0.05) is 20.8 Å². The Morgan fingerprint density at radius 1 is 1.32 bits per heavy atom. The summed E-state index contributed by atoms with van der Waals surface area (Å²) in [4.78, 5) is 34.8. The van der Waals surface area contributed by atoms with Gasteiger partial charge in [0.15, 0.2) is 0 Å². The first-order valence-electron chi connectivity index (χ1n) is 6.66. The van der Waals surface area contributed by atoms with Gasteiger partial charge < -0.3 is 10.6 Å². The molecule has 0 aromatic carbocycles. The van der Waals surface area contributed by atoms with Crippen molar-refractivity contribution in [3.8, 4) is 0 Å². The minimum Gasteiger partial charge on any atom is -0.348 e. The molecule has 0 aromatic heterocycles. The molecule has 1 saturated heterocycles. The van der Waals surface area contributed by atoms with Crippen molar-refractivity contribution < 1.29 is 14.4 Å². The van der Waals surface area contributed by atoms with Gasteiger partial charge in [0.1, 0.15) is 6.04 Å². The maximum absolute atomic E-state index is 12.2. The lowest BCUT2D eigenvalue weighted by Crippen LogP contribution is -2.54. The Kier molecular flexibility index (Phi) is 3.28. The molecule has 1 aliphatic carbocycles. The van der Waals surface area contributed by atoms with Crippen molar-refractivity contribution in [1.82, 2.24) is 16.0 Å². The number of amides is 4. The molecule has 2 fully saturated rings. The van der Waals surface area contributed by atoms with Crippen molar-refractivity contribution in [1.29, 1.82) is 0 Å². The third-order valence-corrected chi connectivity index (χ3v) is 4.08. The molecular weight excluding hydrogens is 246 g/mol. The van der Waals surface area contributed by atoms with Crippen LogP contribution in [0.4, 0.5) is 4.79 Å². The van der Waals surface area contributed by atoms with Crippen molar-refractivity contribution in [2.75, 3.05) is 0 Å². The van der Waals surface area contributed by atoms with E-state index in [0.29, 0.717) is 6.42 Å². The van der Waals surface area contributed by atoms with Crippen LogP contribution in [0.1, 0.15) is 46.5 Å². The van der Waals surface area contributed by atoms with Crippen molar-refractivity contribution in [3.05, 3.63) is 0 Å². The fourth-order valence-electron chi connectivity index (χ4n) is 2.44. The molecule has 6 nitrogen and oxygen atoms in total. The Morgan fingerprint density at radius 2 is 1.95 bits per heavy atom. The third kappa shape index (κ3) is 2.88. The van der Waals surface area contributed by atoms with Crippen LogP contribution in [0, 0.1) is 5.41 Å². The Morgan fingerprint density at radius 3 is 2.47 bits per heavy atom. The first kappa shape index (κ1) is 13.8. The predicted molar refractivity (Wildman–Crippen MR) is 69.3 cm³/mol. The van der Waals surface area contributed by atoms with E-state index in [1.807, 2.05) is 0 Å². The van der Waals surface area contributed by atoms with Gasteiger partial charge in [0.25, 0.3) is 0 Å². The standard InChI is InChI=1S/C13H21N3O3/c1-12(2,3)13(6-7-13)16-10(18)8-4-5-9(17)15-11(19)14-8/h8H,4-7H2,1-3H3,(H,16,18)(H2,14,15,17,19)/t8-/m0/s1. The maximum atomic E-state index is 12.2. The van der Waals surface area contributed by atoms with Crippen LogP contribution in [0.2, 0.25) is 0 Å². The topological polar surface area (TPSA) is 87.3 Å². The molecule has 106 valence electrons. The van der Waals surface area contributed by atoms with Gasteiger partial charge in [-0.15, -0.1) is 0 Å². The Bertz CT molecular complexity index is 421. The number of carbonyl (C=O) groups is 3. The predicted octanol–water partition coefficient (Wildman–Crippen LogP) is 0.670. The van der Waals surface area contributed by atoms with E-state index in [9.17, 15) is 14.4 Å². The second kappa shape index (κ2) is 4.51. The summed E-state index contributed by atoms with van der Waals surface area (Å²) < 4.78 is 0. The second-order valence-corrected chi connectivity index (χ2v) is 6.43. The molecule has 0 unspecified atom stereocenters. The van der Waals surface area contributed by atoms with E-state index >= 15 is 0 Å². The van der Waals surface area contributed by atoms with Crippen LogP contribution in [0.3, 0.4) is 0 Å². The molecule has 0 bridgehead atoms. The molecule has 0 aromatic rings. The molecule has 0 spiro atoms. The van der Waals surface area contributed by atoms with Crippen LogP contribution in [0.5, 0.6) is 0 Å². The highest BCUT2D eigenvalue weighted by Crippen LogP contribution is 2.49. The number of hydrogen-bond acceptors (Lipinski definition) is 3. The van der Waals surface area contributed by atoms with Crippen molar-refractivity contribution in [2.45, 2.75) is 58.0 Å². The lowest BCUT2D eigenvalue weighted by molar-refractivity contribution is -0.125. The molecule has 0 radical (unpaired) electrons. The zero-order valence-corrected chi connectivity index (χ0v) is 11.6. The highest BCUT2D eigenvalue weighted by Gasteiger charge is 2.53. The van der Waals surface area contributed by atoms with Gasteiger partial charge in [0, 0.05) is 12.0 Å². The van der Waals surface area contributed by atoms with E-state index in [4.69, 9.17) is 0 Å². The van der Waals surface area contributed by atoms with E-state index in [1.165, 1.54) is 0 Å². The number of urea groups is 1. The van der Waals surface area contributed by atoms with E-state index in [0.717, 1.165) is 12.8 Å². The fraction of sp³-hybridized carbons (Fsp3) is 0.769. The summed E-state index contributed by atoms with van der Waals surface area (Å²) in [5, 5.41) is 7.74. The molecule has 1 saturated carbocycles. The van der Waals surface area contributed by atoms with Crippen LogP contribution < -0.4 is 16.0 Å². The van der Waals surface area contributed by atoms with Crippen LogP contribution >= 0.6 is 0 Å². The summed E-state index contributed by atoms with van der Waals surface area (Å²) >= 11 is 0. The molecule has 1 aliphatic heterocycles. The first-order chi connectivity index (χ1) is 8.73. The summed E-state index contributed by atoms with van der Waals surface area (Å²) in [7, 11) is 0. The Balaban J connectivity index is 2.00. The summed E-state index contributed by atoms with van der Waals surface area (Å²) in [6.07, 6.45) is 2.43. The van der Waals surface area contributed by atoms with Crippen LogP contribution in [-0.2, 0) is 9.59 Å². The fourth-order valence-corrected chi connectivity index (χ4v) is 2.44. The minimum absolute atomic E-state index is 0.00846. The van der Waals surface area contributed by atoms with Crippen LogP contribution in [0.25, 0.3) is 0 Å². The SMILES string of the molecule is CC(C)(C)C1(NC(=O)[C@@H]2CCC(=O)NC(=O)N2)CC1. The molecule has 6 heteroatoms. The number of imide groups is 1. The monoisotopic (exact) mass is 267 g/mol. The minimum atomic E-state index is -0.633. The Hall–Kier alpha value is -1.59. The van der Waals surface area contributed by atoms with Gasteiger partial charge >= 0.3 is 6.03 Å². The lowest BCUT2D eigenvalue weighted by atomic mass is 9.84. The highest BCUT2D eigenvalue weighted by atomic mass is 16.2. The van der Waals surface area contributed by atoms with Crippen molar-refractivity contribution in [3.63, 3.8) is 0 Å². The lowest BCUT2D eigenvalue weighted by Gasteiger charge is -2.33. The summed E-state index contributed by atoms with van der Waals surface area (Å²) in [6.45, 7) is 6.28. The normalized spacial score (nSPS) is 25.9. The smallest absolute Gasteiger partial charge is 0.322 e. The summed E-state index contributed by atoms with van der Waals surface area (Å²) in [6, 6.07) is -1.23. The zero-order chi connectivity index (χ0) is 14.3. The molecule has 1 heterocycles. The number of hydrogen-bond donors (Lipinski definition) is 3. The molecular formula is C13H21N3O3. The molecule has 3 N–H and O–H groups in total. The summed E-state index contributed by atoms with van der Waals surface area (Å²) in [5.74, 6) is -0.540. The van der Waals surface area contributed by atoms with Crippen molar-refractivity contribution in [2.24, 2.45) is 5.41 Å². The van der Waals surface area contributed by atoms with E-state index < -0.39 is 12.1 Å². The van der Waals surface area contributed by atoms with E-state index in [-0.39, 0.29) is 29.2 Å². The molecule has 1 atom stereocenters. The van der Waals surface area contributed by atoms with Gasteiger partial charge in [-0.25, -0.2) is 4.79 Å². The van der Waals surface area contributed by atoms with Gasteiger partial charge in [0.2, 0.25) is 11.8 Å². The zero-order valence-electron chi connectivity index (χ0n) is 11.6. The van der Waals surface area contributed by atoms with Gasteiger partial charge in [-0.2, -0.15) is 0 Å². The van der Waals surface area contributed by atoms with Gasteiger partial charge in [-0.05, 0) is 24.7 Å². The quantitative estimate of drug-likeness (QED) is 0.687. The number of rotatable bonds is 2. The first-order valence-corrected chi connectivity index (χ1v) is 6.66. The largest absolute Gasteiger partial charge is 0.348 e.